The minimum absolute atomic E-state index is 0.000793. The van der Waals surface area contributed by atoms with E-state index in [-0.39, 0.29) is 41.4 Å². The predicted molar refractivity (Wildman–Crippen MR) is 127 cm³/mol. The average molecular weight is 463 g/mol. The maximum atomic E-state index is 13.0. The van der Waals surface area contributed by atoms with Gasteiger partial charge >= 0.3 is 0 Å². The molecule has 3 rings (SSSR count). The van der Waals surface area contributed by atoms with Gasteiger partial charge in [-0.25, -0.2) is 0 Å². The Morgan fingerprint density at radius 2 is 1.75 bits per heavy atom. The number of amides is 3. The predicted octanol–water partition coefficient (Wildman–Crippen LogP) is 2.64. The maximum absolute atomic E-state index is 13.0. The molecule has 1 atom stereocenters. The number of carbonyl (C=O) groups excluding carboxylic acids is 3. The van der Waals surface area contributed by atoms with Crippen molar-refractivity contribution in [1.29, 1.82) is 0 Å². The molecule has 3 amide bonds. The van der Waals surface area contributed by atoms with Crippen molar-refractivity contribution in [3.63, 3.8) is 0 Å². The Morgan fingerprint density at radius 3 is 2.34 bits per heavy atom. The van der Waals surface area contributed by atoms with Gasteiger partial charge in [-0.2, -0.15) is 0 Å². The molecule has 1 N–H and O–H groups in total. The molecule has 0 bridgehead atoms. The van der Waals surface area contributed by atoms with Crippen LogP contribution in [0.3, 0.4) is 0 Å². The lowest BCUT2D eigenvalue weighted by Crippen LogP contribution is -2.47. The summed E-state index contributed by atoms with van der Waals surface area (Å²) in [4.78, 5) is 43.8. The van der Waals surface area contributed by atoms with E-state index in [1.807, 2.05) is 19.0 Å². The second-order valence-electron chi connectivity index (χ2n) is 10.1. The molecule has 0 aliphatic carbocycles. The van der Waals surface area contributed by atoms with E-state index in [0.717, 1.165) is 12.2 Å². The van der Waals surface area contributed by atoms with Gasteiger partial charge in [-0.1, -0.05) is 25.4 Å². The van der Waals surface area contributed by atoms with Crippen LogP contribution in [0.25, 0.3) is 0 Å². The molecule has 0 aromatic heterocycles. The largest absolute Gasteiger partial charge is 0.355 e. The summed E-state index contributed by atoms with van der Waals surface area (Å²) in [6, 6.07) is 7.10. The minimum Gasteiger partial charge on any atom is -0.355 e. The van der Waals surface area contributed by atoms with E-state index >= 15 is 0 Å². The van der Waals surface area contributed by atoms with Crippen molar-refractivity contribution in [2.45, 2.75) is 33.1 Å². The van der Waals surface area contributed by atoms with E-state index < -0.39 is 0 Å². The number of nitrogens with one attached hydrogen (secondary N) is 1. The molecular weight excluding hydrogens is 428 g/mol. The van der Waals surface area contributed by atoms with Gasteiger partial charge in [-0.3, -0.25) is 14.4 Å². The molecule has 0 spiro atoms. The highest BCUT2D eigenvalue weighted by atomic mass is 35.5. The zero-order valence-corrected chi connectivity index (χ0v) is 20.3. The third-order valence-corrected chi connectivity index (χ3v) is 6.53. The zero-order valence-electron chi connectivity index (χ0n) is 19.6. The molecule has 1 unspecified atom stereocenters. The Morgan fingerprint density at radius 1 is 1.12 bits per heavy atom. The van der Waals surface area contributed by atoms with Crippen LogP contribution in [-0.4, -0.2) is 74.3 Å². The van der Waals surface area contributed by atoms with Crippen molar-refractivity contribution in [1.82, 2.24) is 15.1 Å². The highest BCUT2D eigenvalue weighted by Gasteiger charge is 2.38. The fourth-order valence-corrected chi connectivity index (χ4v) is 4.87. The van der Waals surface area contributed by atoms with E-state index in [1.165, 1.54) is 0 Å². The lowest BCUT2D eigenvalue weighted by atomic mass is 9.91. The molecule has 2 saturated heterocycles. The lowest BCUT2D eigenvalue weighted by molar-refractivity contribution is -0.139. The number of hydrogen-bond donors (Lipinski definition) is 1. The van der Waals surface area contributed by atoms with Crippen LogP contribution in [0.4, 0.5) is 5.69 Å². The number of anilines is 1. The van der Waals surface area contributed by atoms with Crippen LogP contribution in [0, 0.1) is 17.3 Å². The van der Waals surface area contributed by atoms with Gasteiger partial charge in [0.2, 0.25) is 17.7 Å². The number of likely N-dealkylation sites (tertiary alicyclic amines) is 1. The van der Waals surface area contributed by atoms with Crippen molar-refractivity contribution in [2.75, 3.05) is 51.7 Å². The SMILES string of the molecule is CN(C)CC(C)(C)CNC(=O)C1CCN(C(=O)C2CC(=O)N(c3ccc(Cl)cc3)C2)CC1. The van der Waals surface area contributed by atoms with E-state index in [4.69, 9.17) is 11.6 Å². The standard InChI is InChI=1S/C24H35ClN4O3/c1-24(2,16-27(3)4)15-26-22(31)17-9-11-28(12-10-17)23(32)18-13-21(30)29(14-18)20-7-5-19(25)6-8-20/h5-8,17-18H,9-16H2,1-4H3,(H,26,31). The summed E-state index contributed by atoms with van der Waals surface area (Å²) in [6.07, 6.45) is 1.54. The summed E-state index contributed by atoms with van der Waals surface area (Å²) in [5.74, 6) is -0.352. The third-order valence-electron chi connectivity index (χ3n) is 6.28. The topological polar surface area (TPSA) is 73.0 Å². The number of hydrogen-bond acceptors (Lipinski definition) is 4. The Bertz CT molecular complexity index is 832. The first-order chi connectivity index (χ1) is 15.1. The number of nitrogens with zero attached hydrogens (tertiary/aromatic N) is 3. The summed E-state index contributed by atoms with van der Waals surface area (Å²) < 4.78 is 0. The Labute approximate surface area is 196 Å². The molecule has 1 aromatic rings. The quantitative estimate of drug-likeness (QED) is 0.676. The lowest BCUT2D eigenvalue weighted by Gasteiger charge is -2.34. The smallest absolute Gasteiger partial charge is 0.228 e. The van der Waals surface area contributed by atoms with Gasteiger partial charge in [0.25, 0.3) is 0 Å². The highest BCUT2D eigenvalue weighted by molar-refractivity contribution is 6.30. The van der Waals surface area contributed by atoms with Gasteiger partial charge in [0.05, 0.1) is 5.92 Å². The first kappa shape index (κ1) is 24.5. The average Bonchev–Trinajstić information content (AvgIpc) is 3.13. The summed E-state index contributed by atoms with van der Waals surface area (Å²) >= 11 is 5.94. The van der Waals surface area contributed by atoms with Crippen LogP contribution in [0.15, 0.2) is 24.3 Å². The minimum atomic E-state index is -0.338. The van der Waals surface area contributed by atoms with Crippen molar-refractivity contribution >= 4 is 35.0 Å². The van der Waals surface area contributed by atoms with Crippen LogP contribution < -0.4 is 10.2 Å². The summed E-state index contributed by atoms with van der Waals surface area (Å²) in [7, 11) is 4.06. The molecule has 2 fully saturated rings. The normalized spacial score (nSPS) is 20.2. The Hall–Kier alpha value is -2.12. The van der Waals surface area contributed by atoms with Crippen LogP contribution in [0.5, 0.6) is 0 Å². The second-order valence-corrected chi connectivity index (χ2v) is 10.5. The van der Waals surface area contributed by atoms with E-state index in [2.05, 4.69) is 24.1 Å². The molecule has 7 nitrogen and oxygen atoms in total. The Kier molecular flexibility index (Phi) is 7.83. The van der Waals surface area contributed by atoms with E-state index in [9.17, 15) is 14.4 Å². The van der Waals surface area contributed by atoms with E-state index in [1.54, 1.807) is 29.2 Å². The number of piperidine rings is 1. The fourth-order valence-electron chi connectivity index (χ4n) is 4.75. The molecule has 0 saturated carbocycles. The molecule has 2 heterocycles. The molecule has 32 heavy (non-hydrogen) atoms. The van der Waals surface area contributed by atoms with Crippen molar-refractivity contribution in [3.05, 3.63) is 29.3 Å². The van der Waals surface area contributed by atoms with Gasteiger partial charge in [0.1, 0.15) is 0 Å². The summed E-state index contributed by atoms with van der Waals surface area (Å²) in [5.41, 5.74) is 0.767. The molecule has 8 heteroatoms. The fraction of sp³-hybridized carbons (Fsp3) is 0.625. The van der Waals surface area contributed by atoms with Crippen molar-refractivity contribution in [3.8, 4) is 0 Å². The zero-order chi connectivity index (χ0) is 23.5. The maximum Gasteiger partial charge on any atom is 0.228 e. The number of carbonyl (C=O) groups is 3. The van der Waals surface area contributed by atoms with Gasteiger partial charge in [-0.05, 0) is 56.6 Å². The molecular formula is C24H35ClN4O3. The third kappa shape index (κ3) is 6.23. The van der Waals surface area contributed by atoms with Crippen LogP contribution in [0.1, 0.15) is 33.1 Å². The van der Waals surface area contributed by atoms with Gasteiger partial charge in [0, 0.05) is 55.8 Å². The Balaban J connectivity index is 1.47. The van der Waals surface area contributed by atoms with Gasteiger partial charge < -0.3 is 20.0 Å². The number of benzene rings is 1. The number of rotatable bonds is 7. The van der Waals surface area contributed by atoms with Crippen molar-refractivity contribution in [2.24, 2.45) is 17.3 Å². The van der Waals surface area contributed by atoms with E-state index in [0.29, 0.717) is 44.0 Å². The van der Waals surface area contributed by atoms with Crippen LogP contribution in [-0.2, 0) is 14.4 Å². The van der Waals surface area contributed by atoms with Crippen molar-refractivity contribution < 1.29 is 14.4 Å². The van der Waals surface area contributed by atoms with Crippen LogP contribution >= 0.6 is 11.6 Å². The molecule has 176 valence electrons. The second kappa shape index (κ2) is 10.2. The molecule has 2 aliphatic rings. The summed E-state index contributed by atoms with van der Waals surface area (Å²) in [6.45, 7) is 7.32. The van der Waals surface area contributed by atoms with Gasteiger partial charge in [0.15, 0.2) is 0 Å². The van der Waals surface area contributed by atoms with Gasteiger partial charge in [-0.15, -0.1) is 0 Å². The first-order valence-corrected chi connectivity index (χ1v) is 11.7. The first-order valence-electron chi connectivity index (χ1n) is 11.3. The molecule has 0 radical (unpaired) electrons. The number of halogens is 1. The van der Waals surface area contributed by atoms with Crippen LogP contribution in [0.2, 0.25) is 5.02 Å². The highest BCUT2D eigenvalue weighted by Crippen LogP contribution is 2.29. The monoisotopic (exact) mass is 462 g/mol. The molecule has 1 aromatic carbocycles. The summed E-state index contributed by atoms with van der Waals surface area (Å²) in [5, 5.41) is 3.71. The molecule has 2 aliphatic heterocycles.